The van der Waals surface area contributed by atoms with E-state index in [1.807, 2.05) is 25.6 Å². The molecule has 0 amide bonds. The number of sulfonamides is 1. The van der Waals surface area contributed by atoms with Crippen molar-refractivity contribution in [3.8, 4) is 0 Å². The number of nitrogens with zero attached hydrogens (tertiary/aromatic N) is 5. The first-order chi connectivity index (χ1) is 13.9. The number of rotatable bonds is 7. The van der Waals surface area contributed by atoms with Crippen molar-refractivity contribution < 1.29 is 8.42 Å². The fourth-order valence-corrected chi connectivity index (χ4v) is 4.65. The number of piperidine rings is 1. The molecule has 2 aromatic heterocycles. The van der Waals surface area contributed by atoms with Crippen molar-refractivity contribution in [3.63, 3.8) is 0 Å². The molecule has 3 rings (SSSR count). The van der Waals surface area contributed by atoms with Crippen LogP contribution in [-0.2, 0) is 17.1 Å². The lowest BCUT2D eigenvalue weighted by Crippen LogP contribution is -2.49. The van der Waals surface area contributed by atoms with Crippen molar-refractivity contribution in [1.82, 2.24) is 29.1 Å². The lowest BCUT2D eigenvalue weighted by atomic mass is 9.93. The Balaban J connectivity index is 1.61. The van der Waals surface area contributed by atoms with Crippen molar-refractivity contribution in [2.45, 2.75) is 31.2 Å². The number of aromatic nitrogens is 3. The van der Waals surface area contributed by atoms with E-state index in [0.29, 0.717) is 18.5 Å². The minimum atomic E-state index is -3.50. The van der Waals surface area contributed by atoms with Crippen LogP contribution in [0.25, 0.3) is 0 Å². The molecule has 2 N–H and O–H groups in total. The van der Waals surface area contributed by atoms with E-state index in [1.54, 1.807) is 30.1 Å². The van der Waals surface area contributed by atoms with Gasteiger partial charge in [-0.15, -0.1) is 0 Å². The number of aliphatic imine (C=N–C) groups is 1. The van der Waals surface area contributed by atoms with Crippen LogP contribution in [0.1, 0.15) is 26.3 Å². The van der Waals surface area contributed by atoms with E-state index >= 15 is 0 Å². The third-order valence-electron chi connectivity index (χ3n) is 5.24. The number of nitrogens with one attached hydrogen (secondary N) is 2. The Morgan fingerprint density at radius 2 is 2.21 bits per heavy atom. The number of aryl methyl sites for hydroxylation is 1. The van der Waals surface area contributed by atoms with Crippen LogP contribution in [0, 0.1) is 5.92 Å². The highest BCUT2D eigenvalue weighted by molar-refractivity contribution is 7.89. The maximum atomic E-state index is 12.3. The first kappa shape index (κ1) is 21.4. The third-order valence-corrected chi connectivity index (χ3v) is 6.69. The topological polar surface area (TPSA) is 96.5 Å². The molecule has 0 radical (unpaired) electrons. The zero-order valence-electron chi connectivity index (χ0n) is 17.3. The van der Waals surface area contributed by atoms with Gasteiger partial charge in [0.05, 0.1) is 23.8 Å². The van der Waals surface area contributed by atoms with Gasteiger partial charge in [0.25, 0.3) is 0 Å². The van der Waals surface area contributed by atoms with Gasteiger partial charge >= 0.3 is 0 Å². The highest BCUT2D eigenvalue weighted by atomic mass is 32.2. The lowest BCUT2D eigenvalue weighted by molar-refractivity contribution is 0.189. The molecule has 0 spiro atoms. The van der Waals surface area contributed by atoms with E-state index in [-0.39, 0.29) is 11.4 Å². The van der Waals surface area contributed by atoms with E-state index < -0.39 is 10.0 Å². The minimum absolute atomic E-state index is 0.251. The standard InChI is InChI=1S/C19H31N7O2S/c1-4-21-19(22-7-8-23-29(27,28)17-6-10-24(3)13-17)25-11-5-16(2)18(14-25)26-12-9-20-15-26/h6,9-10,12-13,15-16,18,23H,4-5,7-8,11,14H2,1-3H3,(H,21,22). The highest BCUT2D eigenvalue weighted by Gasteiger charge is 2.28. The molecule has 1 aliphatic heterocycles. The highest BCUT2D eigenvalue weighted by Crippen LogP contribution is 2.27. The summed E-state index contributed by atoms with van der Waals surface area (Å²) in [5.41, 5.74) is 0. The van der Waals surface area contributed by atoms with Crippen LogP contribution in [0.5, 0.6) is 0 Å². The second kappa shape index (κ2) is 9.45. The predicted octanol–water partition coefficient (Wildman–Crippen LogP) is 1.05. The molecule has 3 heterocycles. The molecule has 1 saturated heterocycles. The van der Waals surface area contributed by atoms with Gasteiger partial charge in [-0.3, -0.25) is 4.99 Å². The normalized spacial score (nSPS) is 20.8. The zero-order valence-corrected chi connectivity index (χ0v) is 18.1. The molecule has 0 saturated carbocycles. The fourth-order valence-electron chi connectivity index (χ4n) is 3.58. The molecule has 9 nitrogen and oxygen atoms in total. The SMILES string of the molecule is CCNC(=NCCNS(=O)(=O)c1ccn(C)c1)N1CCC(C)C(n2ccnc2)C1. The molecule has 2 aromatic rings. The Morgan fingerprint density at radius 1 is 1.38 bits per heavy atom. The molecule has 0 bridgehead atoms. The Labute approximate surface area is 172 Å². The summed E-state index contributed by atoms with van der Waals surface area (Å²) < 4.78 is 31.1. The average molecular weight is 422 g/mol. The maximum Gasteiger partial charge on any atom is 0.242 e. The monoisotopic (exact) mass is 421 g/mol. The molecule has 2 atom stereocenters. The molecular weight excluding hydrogens is 390 g/mol. The van der Waals surface area contributed by atoms with Crippen molar-refractivity contribution in [3.05, 3.63) is 37.2 Å². The van der Waals surface area contributed by atoms with Crippen molar-refractivity contribution >= 4 is 16.0 Å². The molecule has 1 fully saturated rings. The Bertz CT molecular complexity index is 905. The molecule has 0 aromatic carbocycles. The second-order valence-corrected chi connectivity index (χ2v) is 9.20. The van der Waals surface area contributed by atoms with Crippen LogP contribution in [0.15, 0.2) is 47.1 Å². The first-order valence-electron chi connectivity index (χ1n) is 10.0. The van der Waals surface area contributed by atoms with Crippen LogP contribution < -0.4 is 10.0 Å². The summed E-state index contributed by atoms with van der Waals surface area (Å²) in [6, 6.07) is 1.92. The molecule has 1 aliphatic rings. The van der Waals surface area contributed by atoms with Crippen LogP contribution in [-0.4, -0.2) is 66.1 Å². The van der Waals surface area contributed by atoms with Gasteiger partial charge in [-0.2, -0.15) is 0 Å². The van der Waals surface area contributed by atoms with Crippen LogP contribution in [0.3, 0.4) is 0 Å². The Morgan fingerprint density at radius 3 is 2.86 bits per heavy atom. The summed E-state index contributed by atoms with van der Waals surface area (Å²) >= 11 is 0. The van der Waals surface area contributed by atoms with Crippen molar-refractivity contribution in [2.75, 3.05) is 32.7 Å². The van der Waals surface area contributed by atoms with Crippen molar-refractivity contribution in [1.29, 1.82) is 0 Å². The molecule has 0 aliphatic carbocycles. The van der Waals surface area contributed by atoms with Crippen LogP contribution >= 0.6 is 0 Å². The number of imidazole rings is 1. The van der Waals surface area contributed by atoms with Gasteiger partial charge < -0.3 is 19.4 Å². The van der Waals surface area contributed by atoms with Gasteiger partial charge in [0, 0.05) is 58.0 Å². The smallest absolute Gasteiger partial charge is 0.242 e. The van der Waals surface area contributed by atoms with Gasteiger partial charge in [-0.25, -0.2) is 18.1 Å². The summed E-state index contributed by atoms with van der Waals surface area (Å²) in [5, 5.41) is 3.34. The third kappa shape index (κ3) is 5.39. The maximum absolute atomic E-state index is 12.3. The first-order valence-corrected chi connectivity index (χ1v) is 11.5. The Kier molecular flexibility index (Phi) is 6.96. The van der Waals surface area contributed by atoms with Gasteiger partial charge in [0.15, 0.2) is 5.96 Å². The predicted molar refractivity (Wildman–Crippen MR) is 113 cm³/mol. The van der Waals surface area contributed by atoms with Crippen LogP contribution in [0.4, 0.5) is 0 Å². The summed E-state index contributed by atoms with van der Waals surface area (Å²) in [6.07, 6.45) is 10.0. The second-order valence-electron chi connectivity index (χ2n) is 7.44. The largest absolute Gasteiger partial charge is 0.357 e. The Hall–Kier alpha value is -2.33. The van der Waals surface area contributed by atoms with Gasteiger partial charge in [-0.05, 0) is 25.3 Å². The van der Waals surface area contributed by atoms with Gasteiger partial charge in [0.1, 0.15) is 0 Å². The molecule has 2 unspecified atom stereocenters. The number of hydrogen-bond acceptors (Lipinski definition) is 4. The number of hydrogen-bond donors (Lipinski definition) is 2. The van der Waals surface area contributed by atoms with E-state index in [4.69, 9.17) is 0 Å². The molecule has 160 valence electrons. The summed E-state index contributed by atoms with van der Waals surface area (Å²) in [5.74, 6) is 1.38. The average Bonchev–Trinajstić information content (AvgIpc) is 3.37. The minimum Gasteiger partial charge on any atom is -0.357 e. The zero-order chi connectivity index (χ0) is 20.9. The van der Waals surface area contributed by atoms with Crippen LogP contribution in [0.2, 0.25) is 0 Å². The van der Waals surface area contributed by atoms with Gasteiger partial charge in [0.2, 0.25) is 10.0 Å². The van der Waals surface area contributed by atoms with E-state index in [1.165, 1.54) is 0 Å². The number of likely N-dealkylation sites (tertiary alicyclic amines) is 1. The van der Waals surface area contributed by atoms with E-state index in [0.717, 1.165) is 32.0 Å². The number of guanidine groups is 1. The van der Waals surface area contributed by atoms with E-state index in [9.17, 15) is 8.42 Å². The summed E-state index contributed by atoms with van der Waals surface area (Å²) in [6.45, 7) is 7.46. The summed E-state index contributed by atoms with van der Waals surface area (Å²) in [7, 11) is -1.71. The quantitative estimate of drug-likeness (QED) is 0.396. The lowest BCUT2D eigenvalue weighted by Gasteiger charge is -2.39. The van der Waals surface area contributed by atoms with Gasteiger partial charge in [-0.1, -0.05) is 6.92 Å². The molecule has 10 heteroatoms. The molecule has 29 heavy (non-hydrogen) atoms. The fraction of sp³-hybridized carbons (Fsp3) is 0.579. The summed E-state index contributed by atoms with van der Waals surface area (Å²) in [4.78, 5) is 11.4. The van der Waals surface area contributed by atoms with Crippen molar-refractivity contribution in [2.24, 2.45) is 18.0 Å². The molecular formula is C19H31N7O2S. The van der Waals surface area contributed by atoms with E-state index in [2.05, 4.69) is 36.4 Å².